The molecular weight excluding hydrogens is 344 g/mol. The Balaban J connectivity index is 2.44. The molecule has 0 saturated carbocycles. The van der Waals surface area contributed by atoms with Crippen LogP contribution in [0.25, 0.3) is 0 Å². The molecule has 0 radical (unpaired) electrons. The molecule has 7 nitrogen and oxygen atoms in total. The number of carbonyl (C=O) groups excluding carboxylic acids is 1. The van der Waals surface area contributed by atoms with Crippen LogP contribution < -0.4 is 9.62 Å². The number of sulfonamides is 1. The van der Waals surface area contributed by atoms with Crippen LogP contribution in [0.4, 0.5) is 5.69 Å². The molecule has 1 aliphatic heterocycles. The first kappa shape index (κ1) is 19.4. The van der Waals surface area contributed by atoms with Crippen molar-refractivity contribution in [1.82, 2.24) is 4.72 Å². The van der Waals surface area contributed by atoms with E-state index in [9.17, 15) is 23.1 Å². The zero-order valence-corrected chi connectivity index (χ0v) is 15.8. The van der Waals surface area contributed by atoms with Gasteiger partial charge in [0.2, 0.25) is 15.9 Å². The van der Waals surface area contributed by atoms with Crippen LogP contribution >= 0.6 is 0 Å². The Labute approximate surface area is 148 Å². The lowest BCUT2D eigenvalue weighted by atomic mass is 9.86. The number of carboxylic acid groups (broad SMARTS) is 1. The molecule has 1 amide bonds. The summed E-state index contributed by atoms with van der Waals surface area (Å²) in [7, 11) is -2.38. The van der Waals surface area contributed by atoms with Crippen molar-refractivity contribution in [3.8, 4) is 0 Å². The van der Waals surface area contributed by atoms with Crippen molar-refractivity contribution in [3.63, 3.8) is 0 Å². The first-order valence-electron chi connectivity index (χ1n) is 8.11. The fourth-order valence-corrected chi connectivity index (χ4v) is 4.32. The van der Waals surface area contributed by atoms with E-state index in [0.717, 1.165) is 0 Å². The van der Waals surface area contributed by atoms with Crippen molar-refractivity contribution >= 4 is 27.6 Å². The molecule has 138 valence electrons. The highest BCUT2D eigenvalue weighted by Gasteiger charge is 2.43. The number of hydrogen-bond acceptors (Lipinski definition) is 4. The zero-order valence-electron chi connectivity index (χ0n) is 15.0. The van der Waals surface area contributed by atoms with Gasteiger partial charge in [0.05, 0.1) is 10.3 Å². The third kappa shape index (κ3) is 3.28. The van der Waals surface area contributed by atoms with Crippen LogP contribution in [0.2, 0.25) is 0 Å². The Bertz CT molecular complexity index is 816. The van der Waals surface area contributed by atoms with Gasteiger partial charge in [0, 0.05) is 12.7 Å². The fourth-order valence-electron chi connectivity index (χ4n) is 3.00. The van der Waals surface area contributed by atoms with Crippen LogP contribution in [0.1, 0.15) is 39.7 Å². The number of carbonyl (C=O) groups is 2. The van der Waals surface area contributed by atoms with Crippen molar-refractivity contribution < 1.29 is 23.1 Å². The third-order valence-electron chi connectivity index (χ3n) is 4.91. The maximum Gasteiger partial charge on any atom is 0.322 e. The molecule has 0 fully saturated rings. The quantitative estimate of drug-likeness (QED) is 0.796. The van der Waals surface area contributed by atoms with E-state index in [4.69, 9.17) is 0 Å². The molecule has 2 rings (SSSR count). The van der Waals surface area contributed by atoms with Crippen molar-refractivity contribution in [2.24, 2.45) is 5.92 Å². The van der Waals surface area contributed by atoms with E-state index in [1.807, 2.05) is 0 Å². The smallest absolute Gasteiger partial charge is 0.322 e. The summed E-state index contributed by atoms with van der Waals surface area (Å²) in [4.78, 5) is 25.2. The van der Waals surface area contributed by atoms with E-state index < -0.39 is 27.4 Å². The lowest BCUT2D eigenvalue weighted by Crippen LogP contribution is -2.44. The number of carboxylic acids is 1. The Kier molecular flexibility index (Phi) is 4.98. The molecule has 1 aromatic rings. The maximum atomic E-state index is 12.7. The minimum atomic E-state index is -4.03. The summed E-state index contributed by atoms with van der Waals surface area (Å²) in [6, 6.07) is 3.21. The van der Waals surface area contributed by atoms with Crippen molar-refractivity contribution in [3.05, 3.63) is 23.8 Å². The summed E-state index contributed by atoms with van der Waals surface area (Å²) in [5.41, 5.74) is 0.433. The Morgan fingerprint density at radius 2 is 1.96 bits per heavy atom. The SMILES string of the molecule is CC[C@@H](C)[C@@H](NS(=O)(=O)c1ccc2c(c1)C(C)(C)C(=O)N2C)C(=O)O. The standard InChI is InChI=1S/C17H24N2O5S/c1-6-10(2)14(15(20)21)18-25(23,24)11-7-8-13-12(9-11)17(3,4)16(22)19(13)5/h7-10,14,18H,6H2,1-5H3,(H,20,21)/t10-,14-/m1/s1. The summed E-state index contributed by atoms with van der Waals surface area (Å²) in [6.45, 7) is 6.95. The molecule has 25 heavy (non-hydrogen) atoms. The van der Waals surface area contributed by atoms with Crippen LogP contribution in [0.3, 0.4) is 0 Å². The fraction of sp³-hybridized carbons (Fsp3) is 0.529. The number of nitrogens with zero attached hydrogens (tertiary/aromatic N) is 1. The number of fused-ring (bicyclic) bond motifs is 1. The summed E-state index contributed by atoms with van der Waals surface area (Å²) < 4.78 is 27.6. The summed E-state index contributed by atoms with van der Waals surface area (Å²) in [5, 5.41) is 9.31. The van der Waals surface area contributed by atoms with E-state index in [2.05, 4.69) is 4.72 Å². The first-order valence-corrected chi connectivity index (χ1v) is 9.59. The van der Waals surface area contributed by atoms with E-state index in [1.54, 1.807) is 40.8 Å². The van der Waals surface area contributed by atoms with Gasteiger partial charge in [-0.1, -0.05) is 20.3 Å². The number of aliphatic carboxylic acids is 1. The molecule has 0 saturated heterocycles. The lowest BCUT2D eigenvalue weighted by molar-refractivity contribution is -0.140. The molecule has 0 aromatic heterocycles. The van der Waals surface area contributed by atoms with Crippen molar-refractivity contribution in [2.45, 2.75) is 50.5 Å². The average Bonchev–Trinajstić information content (AvgIpc) is 2.72. The van der Waals surface area contributed by atoms with Crippen molar-refractivity contribution in [1.29, 1.82) is 0 Å². The summed E-state index contributed by atoms with van der Waals surface area (Å²) in [6.07, 6.45) is 0.524. The minimum Gasteiger partial charge on any atom is -0.480 e. The van der Waals surface area contributed by atoms with Gasteiger partial charge >= 0.3 is 5.97 Å². The second-order valence-corrected chi connectivity index (χ2v) is 8.70. The number of nitrogens with one attached hydrogen (secondary N) is 1. The number of rotatable bonds is 6. The van der Waals surface area contributed by atoms with Crippen molar-refractivity contribution in [2.75, 3.05) is 11.9 Å². The van der Waals surface area contributed by atoms with Crippen LogP contribution in [-0.4, -0.2) is 38.5 Å². The Morgan fingerprint density at radius 3 is 2.48 bits per heavy atom. The molecule has 1 heterocycles. The Hall–Kier alpha value is -1.93. The number of anilines is 1. The summed E-state index contributed by atoms with van der Waals surface area (Å²) >= 11 is 0. The molecular formula is C17H24N2O5S. The largest absolute Gasteiger partial charge is 0.480 e. The third-order valence-corrected chi connectivity index (χ3v) is 6.35. The van der Waals surface area contributed by atoms with Crippen LogP contribution in [-0.2, 0) is 25.0 Å². The van der Waals surface area contributed by atoms with Gasteiger partial charge < -0.3 is 10.0 Å². The molecule has 2 N–H and O–H groups in total. The molecule has 0 spiro atoms. The first-order chi connectivity index (χ1) is 11.4. The van der Waals surface area contributed by atoms with Gasteiger partial charge in [-0.15, -0.1) is 0 Å². The van der Waals surface area contributed by atoms with Gasteiger partial charge in [0.15, 0.2) is 0 Å². The zero-order chi connectivity index (χ0) is 19.2. The van der Waals surface area contributed by atoms with Gasteiger partial charge in [0.25, 0.3) is 0 Å². The lowest BCUT2D eigenvalue weighted by Gasteiger charge is -2.21. The summed E-state index contributed by atoms with van der Waals surface area (Å²) in [5.74, 6) is -1.69. The number of amides is 1. The number of hydrogen-bond donors (Lipinski definition) is 2. The molecule has 8 heteroatoms. The highest BCUT2D eigenvalue weighted by Crippen LogP contribution is 2.41. The molecule has 0 aliphatic carbocycles. The van der Waals surface area contributed by atoms with Crippen LogP contribution in [0, 0.1) is 5.92 Å². The van der Waals surface area contributed by atoms with Gasteiger partial charge in [0.1, 0.15) is 6.04 Å². The highest BCUT2D eigenvalue weighted by atomic mass is 32.2. The van der Waals surface area contributed by atoms with E-state index in [-0.39, 0.29) is 16.7 Å². The average molecular weight is 368 g/mol. The highest BCUT2D eigenvalue weighted by molar-refractivity contribution is 7.89. The molecule has 2 atom stereocenters. The molecule has 0 unspecified atom stereocenters. The van der Waals surface area contributed by atoms with E-state index in [1.165, 1.54) is 17.0 Å². The van der Waals surface area contributed by atoms with Gasteiger partial charge in [-0.05, 0) is 43.5 Å². The van der Waals surface area contributed by atoms with Gasteiger partial charge in [-0.3, -0.25) is 9.59 Å². The molecule has 1 aliphatic rings. The van der Waals surface area contributed by atoms with Gasteiger partial charge in [-0.25, -0.2) is 8.42 Å². The monoisotopic (exact) mass is 368 g/mol. The predicted molar refractivity (Wildman–Crippen MR) is 94.1 cm³/mol. The molecule has 1 aromatic carbocycles. The minimum absolute atomic E-state index is 0.0445. The second kappa shape index (κ2) is 6.42. The van der Waals surface area contributed by atoms with Crippen LogP contribution in [0.15, 0.2) is 23.1 Å². The normalized spacial score (nSPS) is 18.8. The van der Waals surface area contributed by atoms with Crippen LogP contribution in [0.5, 0.6) is 0 Å². The second-order valence-electron chi connectivity index (χ2n) is 6.99. The van der Waals surface area contributed by atoms with Gasteiger partial charge in [-0.2, -0.15) is 4.72 Å². The number of benzene rings is 1. The maximum absolute atomic E-state index is 12.7. The molecule has 0 bridgehead atoms. The number of likely N-dealkylation sites (N-methyl/N-ethyl adjacent to an activating group) is 1. The Morgan fingerprint density at radius 1 is 1.36 bits per heavy atom. The predicted octanol–water partition coefficient (Wildman–Crippen LogP) is 1.72. The topological polar surface area (TPSA) is 104 Å². The van der Waals surface area contributed by atoms with E-state index >= 15 is 0 Å². The van der Waals surface area contributed by atoms with E-state index in [0.29, 0.717) is 17.7 Å².